The molecule has 1 aromatic heterocycles. The van der Waals surface area contributed by atoms with Gasteiger partial charge in [0.25, 0.3) is 0 Å². The number of hydrogen-bond acceptors (Lipinski definition) is 7. The second-order valence-electron chi connectivity index (χ2n) is 4.28. The zero-order valence-electron chi connectivity index (χ0n) is 11.1. The van der Waals surface area contributed by atoms with Crippen LogP contribution in [0.2, 0.25) is 0 Å². The van der Waals surface area contributed by atoms with Gasteiger partial charge in [0.2, 0.25) is 0 Å². The van der Waals surface area contributed by atoms with Gasteiger partial charge >= 0.3 is 5.97 Å². The lowest BCUT2D eigenvalue weighted by Crippen LogP contribution is -2.36. The minimum absolute atomic E-state index is 0.248. The Bertz CT molecular complexity index is 405. The van der Waals surface area contributed by atoms with Crippen LogP contribution in [0, 0.1) is 0 Å². The highest BCUT2D eigenvalue weighted by Gasteiger charge is 2.10. The van der Waals surface area contributed by atoms with E-state index in [4.69, 9.17) is 0 Å². The zero-order chi connectivity index (χ0) is 13.5. The molecule has 19 heavy (non-hydrogen) atoms. The Morgan fingerprint density at radius 1 is 1.53 bits per heavy atom. The van der Waals surface area contributed by atoms with Crippen LogP contribution in [0.25, 0.3) is 0 Å². The van der Waals surface area contributed by atoms with Gasteiger partial charge in [0.15, 0.2) is 5.13 Å². The van der Waals surface area contributed by atoms with E-state index in [0.717, 1.165) is 23.9 Å². The first-order chi connectivity index (χ1) is 9.28. The molecular weight excluding hydrogens is 282 g/mol. The number of methoxy groups -OCH3 is 1. The van der Waals surface area contributed by atoms with Crippen molar-refractivity contribution in [1.29, 1.82) is 0 Å². The molecule has 0 aliphatic carbocycles. The van der Waals surface area contributed by atoms with Crippen LogP contribution in [0.1, 0.15) is 5.69 Å². The third kappa shape index (κ3) is 5.00. The van der Waals surface area contributed by atoms with E-state index in [1.807, 2.05) is 17.1 Å². The SMILES string of the molecule is COC(=O)Cc1csc(NCCN2CCSCC2)n1. The second kappa shape index (κ2) is 7.72. The molecule has 2 heterocycles. The highest BCUT2D eigenvalue weighted by atomic mass is 32.2. The number of thioether (sulfide) groups is 1. The van der Waals surface area contributed by atoms with Crippen molar-refractivity contribution in [3.8, 4) is 0 Å². The quantitative estimate of drug-likeness (QED) is 0.800. The highest BCUT2D eigenvalue weighted by molar-refractivity contribution is 7.99. The molecule has 0 unspecified atom stereocenters. The van der Waals surface area contributed by atoms with Crippen molar-refractivity contribution in [3.05, 3.63) is 11.1 Å². The van der Waals surface area contributed by atoms with Crippen LogP contribution < -0.4 is 5.32 Å². The average Bonchev–Trinajstić information content (AvgIpc) is 2.87. The molecule has 0 aromatic carbocycles. The highest BCUT2D eigenvalue weighted by Crippen LogP contribution is 2.16. The van der Waals surface area contributed by atoms with Gasteiger partial charge < -0.3 is 10.1 Å². The first-order valence-electron chi connectivity index (χ1n) is 6.33. The fraction of sp³-hybridized carbons (Fsp3) is 0.667. The standard InChI is InChI=1S/C12H19N3O2S2/c1-17-11(16)8-10-9-19-12(14-10)13-2-3-15-4-6-18-7-5-15/h9H,2-8H2,1H3,(H,13,14). The number of ether oxygens (including phenoxy) is 1. The van der Waals surface area contributed by atoms with Crippen molar-refractivity contribution in [2.45, 2.75) is 6.42 Å². The number of esters is 1. The molecule has 1 saturated heterocycles. The number of thiazole rings is 1. The number of nitrogens with one attached hydrogen (secondary N) is 1. The van der Waals surface area contributed by atoms with Crippen molar-refractivity contribution in [3.63, 3.8) is 0 Å². The Balaban J connectivity index is 1.69. The van der Waals surface area contributed by atoms with E-state index in [9.17, 15) is 4.79 Å². The summed E-state index contributed by atoms with van der Waals surface area (Å²) in [7, 11) is 1.39. The van der Waals surface area contributed by atoms with Crippen LogP contribution in [0.5, 0.6) is 0 Å². The predicted octanol–water partition coefficient (Wildman–Crippen LogP) is 1.32. The number of carbonyl (C=O) groups is 1. The summed E-state index contributed by atoms with van der Waals surface area (Å²) in [5.74, 6) is 2.23. The van der Waals surface area contributed by atoms with Crippen LogP contribution in [-0.4, -0.2) is 60.6 Å². The lowest BCUT2D eigenvalue weighted by molar-refractivity contribution is -0.139. The topological polar surface area (TPSA) is 54.5 Å². The van der Waals surface area contributed by atoms with Gasteiger partial charge in [0.1, 0.15) is 0 Å². The maximum absolute atomic E-state index is 11.1. The first-order valence-corrected chi connectivity index (χ1v) is 8.36. The number of anilines is 1. The fourth-order valence-electron chi connectivity index (χ4n) is 1.84. The van der Waals surface area contributed by atoms with Gasteiger partial charge in [-0.15, -0.1) is 11.3 Å². The number of nitrogens with zero attached hydrogens (tertiary/aromatic N) is 2. The minimum atomic E-state index is -0.248. The lowest BCUT2D eigenvalue weighted by atomic mass is 10.3. The van der Waals surface area contributed by atoms with Gasteiger partial charge in [-0.1, -0.05) is 0 Å². The number of aromatic nitrogens is 1. The monoisotopic (exact) mass is 301 g/mol. The van der Waals surface area contributed by atoms with Crippen molar-refractivity contribution in [2.75, 3.05) is 50.1 Å². The molecule has 0 saturated carbocycles. The van der Waals surface area contributed by atoms with Crippen molar-refractivity contribution < 1.29 is 9.53 Å². The largest absolute Gasteiger partial charge is 0.469 e. The van der Waals surface area contributed by atoms with Gasteiger partial charge in [-0.25, -0.2) is 4.98 Å². The molecule has 0 amide bonds. The molecule has 0 bridgehead atoms. The van der Waals surface area contributed by atoms with E-state index >= 15 is 0 Å². The molecule has 1 aliphatic rings. The number of carbonyl (C=O) groups excluding carboxylic acids is 1. The summed E-state index contributed by atoms with van der Waals surface area (Å²) < 4.78 is 4.62. The lowest BCUT2D eigenvalue weighted by Gasteiger charge is -2.25. The van der Waals surface area contributed by atoms with E-state index in [1.54, 1.807) is 0 Å². The summed E-state index contributed by atoms with van der Waals surface area (Å²) >= 11 is 3.56. The summed E-state index contributed by atoms with van der Waals surface area (Å²) in [6.07, 6.45) is 0.248. The molecule has 1 fully saturated rings. The van der Waals surface area contributed by atoms with E-state index in [0.29, 0.717) is 0 Å². The summed E-state index contributed by atoms with van der Waals surface area (Å²) in [6.45, 7) is 4.30. The molecule has 106 valence electrons. The van der Waals surface area contributed by atoms with Crippen molar-refractivity contribution >= 4 is 34.2 Å². The Morgan fingerprint density at radius 2 is 2.32 bits per heavy atom. The maximum atomic E-state index is 11.1. The summed E-state index contributed by atoms with van der Waals surface area (Å²) in [5, 5.41) is 6.09. The number of rotatable bonds is 6. The van der Waals surface area contributed by atoms with Crippen molar-refractivity contribution in [2.24, 2.45) is 0 Å². The van der Waals surface area contributed by atoms with Gasteiger partial charge in [0, 0.05) is 43.1 Å². The normalized spacial score (nSPS) is 16.3. The molecule has 1 aromatic rings. The van der Waals surface area contributed by atoms with Crippen LogP contribution in [0.15, 0.2) is 5.38 Å². The van der Waals surface area contributed by atoms with Crippen LogP contribution in [0.4, 0.5) is 5.13 Å². The number of hydrogen-bond donors (Lipinski definition) is 1. The molecule has 5 nitrogen and oxygen atoms in total. The van der Waals surface area contributed by atoms with Gasteiger partial charge in [0.05, 0.1) is 19.2 Å². The third-order valence-electron chi connectivity index (χ3n) is 2.91. The van der Waals surface area contributed by atoms with E-state index in [-0.39, 0.29) is 12.4 Å². The molecular formula is C12H19N3O2S2. The Labute approximate surface area is 121 Å². The molecule has 2 rings (SSSR count). The second-order valence-corrected chi connectivity index (χ2v) is 6.36. The van der Waals surface area contributed by atoms with Gasteiger partial charge in [-0.05, 0) is 0 Å². The predicted molar refractivity (Wildman–Crippen MR) is 80.1 cm³/mol. The molecule has 0 radical (unpaired) electrons. The van der Waals surface area contributed by atoms with E-state index in [2.05, 4.69) is 19.9 Å². The van der Waals surface area contributed by atoms with Crippen LogP contribution in [-0.2, 0) is 16.0 Å². The van der Waals surface area contributed by atoms with Crippen LogP contribution >= 0.6 is 23.1 Å². The Hall–Kier alpha value is -0.790. The molecule has 0 spiro atoms. The summed E-state index contributed by atoms with van der Waals surface area (Å²) in [4.78, 5) is 18.0. The fourth-order valence-corrected chi connectivity index (χ4v) is 3.55. The van der Waals surface area contributed by atoms with Crippen molar-refractivity contribution in [1.82, 2.24) is 9.88 Å². The Morgan fingerprint density at radius 3 is 3.05 bits per heavy atom. The smallest absolute Gasteiger partial charge is 0.311 e. The molecule has 1 N–H and O–H groups in total. The average molecular weight is 301 g/mol. The van der Waals surface area contributed by atoms with Gasteiger partial charge in [-0.3, -0.25) is 9.69 Å². The first kappa shape index (κ1) is 14.6. The molecule has 0 atom stereocenters. The van der Waals surface area contributed by atoms with Crippen LogP contribution in [0.3, 0.4) is 0 Å². The van der Waals surface area contributed by atoms with E-state index in [1.165, 1.54) is 43.0 Å². The minimum Gasteiger partial charge on any atom is -0.469 e. The summed E-state index contributed by atoms with van der Waals surface area (Å²) in [6, 6.07) is 0. The van der Waals surface area contributed by atoms with Gasteiger partial charge in [-0.2, -0.15) is 11.8 Å². The molecule has 1 aliphatic heterocycles. The van der Waals surface area contributed by atoms with E-state index < -0.39 is 0 Å². The summed E-state index contributed by atoms with van der Waals surface area (Å²) in [5.41, 5.74) is 0.772. The molecule has 7 heteroatoms. The third-order valence-corrected chi connectivity index (χ3v) is 4.70. The Kier molecular flexibility index (Phi) is 5.93. The zero-order valence-corrected chi connectivity index (χ0v) is 12.7. The maximum Gasteiger partial charge on any atom is 0.311 e.